The van der Waals surface area contributed by atoms with E-state index in [0.717, 1.165) is 0 Å². The summed E-state index contributed by atoms with van der Waals surface area (Å²) < 4.78 is 26.5. The molecule has 2 fully saturated rings. The number of nitrogens with one attached hydrogen (secondary N) is 4. The van der Waals surface area contributed by atoms with Crippen LogP contribution < -0.4 is 21.3 Å². The number of ketones is 1. The lowest BCUT2D eigenvalue weighted by Crippen LogP contribution is -2.62. The zero-order valence-corrected chi connectivity index (χ0v) is 30.5. The Labute approximate surface area is 280 Å². The zero-order valence-electron chi connectivity index (χ0n) is 29.7. The molecule has 1 saturated carbocycles. The second-order valence-corrected chi connectivity index (χ2v) is 17.4. The van der Waals surface area contributed by atoms with Gasteiger partial charge in [0.1, 0.15) is 12.1 Å². The summed E-state index contributed by atoms with van der Waals surface area (Å²) in [6.45, 7) is 23.9. The largest absolute Gasteiger partial charge is 0.346 e. The Kier molecular flexibility index (Phi) is 13.0. The number of likely N-dealkylation sites (tertiary alicyclic amines) is 1. The summed E-state index contributed by atoms with van der Waals surface area (Å²) >= 11 is 0. The van der Waals surface area contributed by atoms with E-state index in [0.29, 0.717) is 18.5 Å². The Morgan fingerprint density at radius 1 is 1.06 bits per heavy atom. The van der Waals surface area contributed by atoms with Gasteiger partial charge in [-0.2, -0.15) is 0 Å². The number of amides is 5. The Balaban J connectivity index is 2.31. The van der Waals surface area contributed by atoms with Crippen molar-refractivity contribution in [3.8, 4) is 0 Å². The maximum Gasteiger partial charge on any atom is 0.315 e. The monoisotopic (exact) mass is 680 g/mol. The molecule has 0 aromatic heterocycles. The molecular formula is C33H56N6O7S. The Morgan fingerprint density at radius 3 is 2.15 bits per heavy atom. The number of hydrogen-bond donors (Lipinski definition) is 4. The minimum atomic E-state index is -3.59. The summed E-state index contributed by atoms with van der Waals surface area (Å²) in [4.78, 5) is 68.3. The van der Waals surface area contributed by atoms with Crippen molar-refractivity contribution >= 4 is 39.6 Å². The van der Waals surface area contributed by atoms with Gasteiger partial charge in [-0.05, 0) is 49.9 Å². The standard InChI is InChI=1S/C33H56N6O7S/c1-13-15-22(26(40)29(42)34-16-14-2)35-28(41)25-24-21(33(24,10)11)17-39(25)30(43)27(32(7,8)9)37-31(44)36-23(19(3)4)18-38(12)47(45,46)20(5)6/h14,20-25,27H,2-3,13,15-18H2,1,4-12H3,(H,34,42)(H,35,41)(H2,36,37,44)/t21-,22?,23+,24-,25-,27+/m0/s1. The van der Waals surface area contributed by atoms with E-state index >= 15 is 0 Å². The summed E-state index contributed by atoms with van der Waals surface area (Å²) in [7, 11) is -2.16. The summed E-state index contributed by atoms with van der Waals surface area (Å²) in [6, 6.07) is -4.45. The molecule has 1 heterocycles. The lowest BCUT2D eigenvalue weighted by molar-refractivity contribution is -0.145. The molecule has 2 rings (SSSR count). The molecule has 266 valence electrons. The smallest absolute Gasteiger partial charge is 0.315 e. The molecule has 0 radical (unpaired) electrons. The van der Waals surface area contributed by atoms with Gasteiger partial charge >= 0.3 is 6.03 Å². The van der Waals surface area contributed by atoms with Crippen LogP contribution in [0.3, 0.4) is 0 Å². The topological polar surface area (TPSA) is 174 Å². The average molecular weight is 681 g/mol. The lowest BCUT2D eigenvalue weighted by Gasteiger charge is -2.38. The van der Waals surface area contributed by atoms with Crippen LogP contribution in [-0.4, -0.2) is 103 Å². The number of urea groups is 1. The average Bonchev–Trinajstić information content (AvgIpc) is 3.28. The molecule has 14 heteroatoms. The van der Waals surface area contributed by atoms with Crippen molar-refractivity contribution in [3.05, 3.63) is 24.8 Å². The molecule has 0 aromatic rings. The van der Waals surface area contributed by atoms with E-state index in [1.54, 1.807) is 41.5 Å². The first-order valence-corrected chi connectivity index (χ1v) is 17.8. The predicted molar refractivity (Wildman–Crippen MR) is 182 cm³/mol. The zero-order chi connectivity index (χ0) is 36.2. The van der Waals surface area contributed by atoms with Gasteiger partial charge in [-0.1, -0.05) is 66.2 Å². The first kappa shape index (κ1) is 39.9. The van der Waals surface area contributed by atoms with Gasteiger partial charge in [0.2, 0.25) is 27.6 Å². The molecule has 6 atom stereocenters. The van der Waals surface area contributed by atoms with E-state index < -0.39 is 74.4 Å². The van der Waals surface area contributed by atoms with Crippen molar-refractivity contribution in [2.75, 3.05) is 26.7 Å². The highest BCUT2D eigenvalue weighted by Crippen LogP contribution is 2.65. The molecule has 1 aliphatic heterocycles. The van der Waals surface area contributed by atoms with Crippen LogP contribution in [0, 0.1) is 22.7 Å². The number of hydrogen-bond acceptors (Lipinski definition) is 7. The van der Waals surface area contributed by atoms with Crippen LogP contribution in [-0.2, 0) is 29.2 Å². The number of nitrogens with zero attached hydrogens (tertiary/aromatic N) is 2. The molecular weight excluding hydrogens is 624 g/mol. The maximum absolute atomic E-state index is 14.3. The molecule has 47 heavy (non-hydrogen) atoms. The normalized spacial score (nSPS) is 22.0. The van der Waals surface area contributed by atoms with E-state index in [2.05, 4.69) is 34.4 Å². The number of carbonyl (C=O) groups excluding carboxylic acids is 5. The van der Waals surface area contributed by atoms with Gasteiger partial charge in [-0.25, -0.2) is 17.5 Å². The van der Waals surface area contributed by atoms with E-state index in [9.17, 15) is 32.4 Å². The van der Waals surface area contributed by atoms with Crippen LogP contribution in [0.5, 0.6) is 0 Å². The number of Topliss-reactive ketones (excluding diaryl/α,β-unsaturated/α-hetero) is 1. The van der Waals surface area contributed by atoms with Crippen LogP contribution in [0.25, 0.3) is 0 Å². The number of carbonyl (C=O) groups is 5. The SMILES string of the molecule is C=CCNC(=O)C(=O)C(CCC)NC(=O)[C@@H]1[C@@H]2[C@H](CN1C(=O)[C@@H](NC(=O)N[C@H](CN(C)S(=O)(=O)C(C)C)C(=C)C)C(C)(C)C)C2(C)C. The summed E-state index contributed by atoms with van der Waals surface area (Å²) in [6.07, 6.45) is 2.23. The fraction of sp³-hybridized carbons (Fsp3) is 0.727. The van der Waals surface area contributed by atoms with E-state index in [1.165, 1.54) is 22.3 Å². The number of likely N-dealkylation sites (N-methyl/N-ethyl adjacent to an activating group) is 1. The second-order valence-electron chi connectivity index (χ2n) is 14.8. The predicted octanol–water partition coefficient (Wildman–Crippen LogP) is 1.95. The molecule has 0 bridgehead atoms. The maximum atomic E-state index is 14.3. The Hall–Kier alpha value is -3.26. The van der Waals surface area contributed by atoms with E-state index in [1.807, 2.05) is 20.8 Å². The van der Waals surface area contributed by atoms with Gasteiger partial charge in [0, 0.05) is 26.7 Å². The molecule has 0 aromatic carbocycles. The van der Waals surface area contributed by atoms with Crippen LogP contribution in [0.4, 0.5) is 4.79 Å². The van der Waals surface area contributed by atoms with Crippen molar-refractivity contribution < 1.29 is 32.4 Å². The molecule has 1 unspecified atom stereocenters. The molecule has 5 amide bonds. The van der Waals surface area contributed by atoms with Gasteiger partial charge in [0.15, 0.2) is 0 Å². The third-order valence-electron chi connectivity index (χ3n) is 9.36. The van der Waals surface area contributed by atoms with Crippen LogP contribution >= 0.6 is 0 Å². The molecule has 1 saturated heterocycles. The third kappa shape index (κ3) is 9.21. The van der Waals surface area contributed by atoms with Gasteiger partial charge in [0.05, 0.1) is 17.3 Å². The lowest BCUT2D eigenvalue weighted by atomic mass is 9.85. The Bertz CT molecular complexity index is 1350. The molecule has 0 spiro atoms. The first-order chi connectivity index (χ1) is 21.5. The minimum Gasteiger partial charge on any atom is -0.346 e. The summed E-state index contributed by atoms with van der Waals surface area (Å²) in [5, 5.41) is 10.1. The fourth-order valence-electron chi connectivity index (χ4n) is 6.23. The molecule has 4 N–H and O–H groups in total. The van der Waals surface area contributed by atoms with Crippen molar-refractivity contribution in [2.45, 2.75) is 105 Å². The third-order valence-corrected chi connectivity index (χ3v) is 11.6. The van der Waals surface area contributed by atoms with Crippen LogP contribution in [0.1, 0.15) is 75.2 Å². The summed E-state index contributed by atoms with van der Waals surface area (Å²) in [5.41, 5.74) is -0.473. The van der Waals surface area contributed by atoms with Crippen molar-refractivity contribution in [3.63, 3.8) is 0 Å². The van der Waals surface area contributed by atoms with Crippen molar-refractivity contribution in [1.82, 2.24) is 30.5 Å². The number of sulfonamides is 1. The minimum absolute atomic E-state index is 0.0408. The molecule has 13 nitrogen and oxygen atoms in total. The van der Waals surface area contributed by atoms with Gasteiger partial charge in [0.25, 0.3) is 5.91 Å². The highest BCUT2D eigenvalue weighted by atomic mass is 32.2. The Morgan fingerprint density at radius 2 is 1.66 bits per heavy atom. The van der Waals surface area contributed by atoms with Crippen molar-refractivity contribution in [2.24, 2.45) is 22.7 Å². The van der Waals surface area contributed by atoms with Crippen LogP contribution in [0.15, 0.2) is 24.8 Å². The fourth-order valence-corrected chi connectivity index (χ4v) is 7.31. The van der Waals surface area contributed by atoms with Crippen molar-refractivity contribution in [1.29, 1.82) is 0 Å². The second kappa shape index (κ2) is 15.3. The number of piperidine rings is 1. The van der Waals surface area contributed by atoms with Gasteiger partial charge < -0.3 is 26.2 Å². The highest BCUT2D eigenvalue weighted by molar-refractivity contribution is 7.89. The highest BCUT2D eigenvalue weighted by Gasteiger charge is 2.70. The van der Waals surface area contributed by atoms with Crippen LogP contribution in [0.2, 0.25) is 0 Å². The quantitative estimate of drug-likeness (QED) is 0.142. The molecule has 1 aliphatic carbocycles. The number of fused-ring (bicyclic) bond motifs is 1. The van der Waals surface area contributed by atoms with E-state index in [-0.39, 0.29) is 36.8 Å². The van der Waals surface area contributed by atoms with Gasteiger partial charge in [-0.3, -0.25) is 19.2 Å². The summed E-state index contributed by atoms with van der Waals surface area (Å²) in [5.74, 6) is -2.69. The van der Waals surface area contributed by atoms with E-state index in [4.69, 9.17) is 0 Å². The molecule has 2 aliphatic rings. The first-order valence-electron chi connectivity index (χ1n) is 16.2. The van der Waals surface area contributed by atoms with Gasteiger partial charge in [-0.15, -0.1) is 6.58 Å². The number of rotatable bonds is 16.